The minimum Gasteiger partial charge on any atom is -0.217 e. The van der Waals surface area contributed by atoms with Crippen LogP contribution in [0.3, 0.4) is 0 Å². The lowest BCUT2D eigenvalue weighted by atomic mass is 10.1. The predicted molar refractivity (Wildman–Crippen MR) is 107 cm³/mol. The predicted octanol–water partition coefficient (Wildman–Crippen LogP) is 3.39. The molecule has 0 aliphatic carbocycles. The topological polar surface area (TPSA) is 76.4 Å². The van der Waals surface area contributed by atoms with E-state index in [0.717, 1.165) is 32.5 Å². The number of nitrogens with zero attached hydrogens (tertiary/aromatic N) is 3. The van der Waals surface area contributed by atoms with Gasteiger partial charge in [0.2, 0.25) is 15.0 Å². The van der Waals surface area contributed by atoms with Gasteiger partial charge in [-0.1, -0.05) is 72.0 Å². The van der Waals surface area contributed by atoms with Gasteiger partial charge >= 0.3 is 0 Å². The van der Waals surface area contributed by atoms with E-state index >= 15 is 0 Å². The zero-order chi connectivity index (χ0) is 18.9. The number of benzene rings is 2. The Morgan fingerprint density at radius 2 is 1.70 bits per heavy atom. The molecule has 138 valence electrons. The van der Waals surface area contributed by atoms with E-state index in [1.54, 1.807) is 16.6 Å². The fourth-order valence-corrected chi connectivity index (χ4v) is 4.75. The summed E-state index contributed by atoms with van der Waals surface area (Å²) in [6.07, 6.45) is 0. The first-order chi connectivity index (χ1) is 13.0. The molecule has 1 N–H and O–H groups in total. The second kappa shape index (κ2) is 7.22. The Morgan fingerprint density at radius 3 is 2.41 bits per heavy atom. The van der Waals surface area contributed by atoms with Crippen LogP contribution < -0.4 is 4.72 Å². The summed E-state index contributed by atoms with van der Waals surface area (Å²) in [5.74, 6) is -0.0629. The summed E-state index contributed by atoms with van der Waals surface area (Å²) >= 11 is 1.48. The highest BCUT2D eigenvalue weighted by molar-refractivity contribution is 7.88. The summed E-state index contributed by atoms with van der Waals surface area (Å²) in [5.41, 5.74) is 3.16. The van der Waals surface area contributed by atoms with Crippen molar-refractivity contribution in [2.24, 2.45) is 0 Å². The van der Waals surface area contributed by atoms with Gasteiger partial charge in [-0.05, 0) is 12.5 Å². The molecule has 0 aliphatic rings. The molecule has 27 heavy (non-hydrogen) atoms. The monoisotopic (exact) mass is 398 g/mol. The van der Waals surface area contributed by atoms with Gasteiger partial charge < -0.3 is 0 Å². The summed E-state index contributed by atoms with van der Waals surface area (Å²) in [6, 6.07) is 18.9. The molecule has 0 spiro atoms. The largest absolute Gasteiger partial charge is 0.217 e. The van der Waals surface area contributed by atoms with Gasteiger partial charge in [0.1, 0.15) is 5.01 Å². The molecule has 8 heteroatoms. The number of rotatable bonds is 6. The van der Waals surface area contributed by atoms with Crippen molar-refractivity contribution in [1.29, 1.82) is 0 Å². The summed E-state index contributed by atoms with van der Waals surface area (Å²) < 4.78 is 29.5. The van der Waals surface area contributed by atoms with Crippen molar-refractivity contribution in [2.75, 3.05) is 0 Å². The van der Waals surface area contributed by atoms with Crippen molar-refractivity contribution in [1.82, 2.24) is 19.3 Å². The molecule has 0 aliphatic heterocycles. The Hall–Kier alpha value is -2.55. The molecular formula is C19H18N4O2S2. The molecule has 2 aromatic carbocycles. The number of aryl methyl sites for hydroxylation is 1. The zero-order valence-electron chi connectivity index (χ0n) is 14.7. The fourth-order valence-electron chi connectivity index (χ4n) is 2.89. The Balaban J connectivity index is 1.64. The highest BCUT2D eigenvalue weighted by Gasteiger charge is 2.19. The van der Waals surface area contributed by atoms with Crippen LogP contribution >= 0.6 is 11.3 Å². The lowest BCUT2D eigenvalue weighted by molar-refractivity contribution is 0.579. The van der Waals surface area contributed by atoms with Gasteiger partial charge in [-0.3, -0.25) is 0 Å². The van der Waals surface area contributed by atoms with E-state index in [-0.39, 0.29) is 12.3 Å². The molecule has 2 aromatic heterocycles. The van der Waals surface area contributed by atoms with Crippen LogP contribution in [0.1, 0.15) is 16.3 Å². The van der Waals surface area contributed by atoms with Crippen LogP contribution in [0.15, 0.2) is 60.7 Å². The first kappa shape index (κ1) is 17.8. The van der Waals surface area contributed by atoms with Gasteiger partial charge in [0.15, 0.2) is 0 Å². The SMILES string of the molecule is Cc1nn2c(CNS(=O)(=O)Cc3ccccc3)c(-c3ccccc3)nc2s1. The van der Waals surface area contributed by atoms with Crippen molar-refractivity contribution in [3.8, 4) is 11.3 Å². The van der Waals surface area contributed by atoms with Crippen molar-refractivity contribution < 1.29 is 8.42 Å². The Morgan fingerprint density at radius 1 is 1.04 bits per heavy atom. The summed E-state index contributed by atoms with van der Waals surface area (Å²) in [7, 11) is -3.49. The minimum atomic E-state index is -3.49. The van der Waals surface area contributed by atoms with E-state index in [1.807, 2.05) is 55.5 Å². The van der Waals surface area contributed by atoms with Crippen LogP contribution in [0.25, 0.3) is 16.2 Å². The second-order valence-electron chi connectivity index (χ2n) is 6.15. The number of aromatic nitrogens is 3. The number of sulfonamides is 1. The lowest BCUT2D eigenvalue weighted by Gasteiger charge is -2.08. The maximum atomic E-state index is 12.5. The van der Waals surface area contributed by atoms with E-state index in [0.29, 0.717) is 0 Å². The van der Waals surface area contributed by atoms with Crippen LogP contribution in [0.2, 0.25) is 0 Å². The highest BCUT2D eigenvalue weighted by atomic mass is 32.2. The third kappa shape index (κ3) is 3.92. The number of hydrogen-bond acceptors (Lipinski definition) is 5. The highest BCUT2D eigenvalue weighted by Crippen LogP contribution is 2.27. The molecular weight excluding hydrogens is 380 g/mol. The molecule has 6 nitrogen and oxygen atoms in total. The molecule has 0 saturated carbocycles. The van der Waals surface area contributed by atoms with Crippen LogP contribution in [-0.2, 0) is 22.3 Å². The van der Waals surface area contributed by atoms with E-state index < -0.39 is 10.0 Å². The third-order valence-corrected chi connectivity index (χ3v) is 6.23. The average Bonchev–Trinajstić information content (AvgIpc) is 3.17. The van der Waals surface area contributed by atoms with Crippen molar-refractivity contribution in [3.63, 3.8) is 0 Å². The zero-order valence-corrected chi connectivity index (χ0v) is 16.3. The lowest BCUT2D eigenvalue weighted by Crippen LogP contribution is -2.25. The normalized spacial score (nSPS) is 11.9. The maximum absolute atomic E-state index is 12.5. The summed E-state index contributed by atoms with van der Waals surface area (Å²) in [5, 5.41) is 5.36. The Kier molecular flexibility index (Phi) is 4.77. The molecule has 0 radical (unpaired) electrons. The maximum Gasteiger partial charge on any atom is 0.216 e. The van der Waals surface area contributed by atoms with Crippen LogP contribution in [0, 0.1) is 6.92 Å². The third-order valence-electron chi connectivity index (χ3n) is 4.10. The van der Waals surface area contributed by atoms with Crippen molar-refractivity contribution in [3.05, 3.63) is 76.9 Å². The van der Waals surface area contributed by atoms with Gasteiger partial charge in [-0.25, -0.2) is 22.6 Å². The average molecular weight is 399 g/mol. The van der Waals surface area contributed by atoms with Crippen molar-refractivity contribution >= 4 is 26.3 Å². The number of fused-ring (bicyclic) bond motifs is 1. The molecule has 4 aromatic rings. The smallest absolute Gasteiger partial charge is 0.216 e. The molecule has 0 saturated heterocycles. The van der Waals surface area contributed by atoms with E-state index in [9.17, 15) is 8.42 Å². The fraction of sp³-hybridized carbons (Fsp3) is 0.158. The molecule has 0 fully saturated rings. The van der Waals surface area contributed by atoms with E-state index in [2.05, 4.69) is 14.8 Å². The van der Waals surface area contributed by atoms with Crippen LogP contribution in [-0.4, -0.2) is 23.0 Å². The molecule has 2 heterocycles. The quantitative estimate of drug-likeness (QED) is 0.540. The molecule has 0 atom stereocenters. The first-order valence-corrected chi connectivity index (χ1v) is 10.9. The standard InChI is InChI=1S/C19H18N4O2S2/c1-14-22-23-17(12-20-27(24,25)13-15-8-4-2-5-9-15)18(21-19(23)26-14)16-10-6-3-7-11-16/h2-11,20H,12-13H2,1H3. The van der Waals surface area contributed by atoms with Gasteiger partial charge in [0.25, 0.3) is 0 Å². The van der Waals surface area contributed by atoms with Crippen LogP contribution in [0.4, 0.5) is 0 Å². The molecule has 0 amide bonds. The molecule has 0 bridgehead atoms. The van der Waals surface area contributed by atoms with Gasteiger partial charge in [0.05, 0.1) is 23.7 Å². The van der Waals surface area contributed by atoms with Gasteiger partial charge in [-0.15, -0.1) is 0 Å². The van der Waals surface area contributed by atoms with E-state index in [1.165, 1.54) is 11.3 Å². The molecule has 4 rings (SSSR count). The minimum absolute atomic E-state index is 0.0629. The second-order valence-corrected chi connectivity index (χ2v) is 9.12. The number of imidazole rings is 1. The van der Waals surface area contributed by atoms with E-state index in [4.69, 9.17) is 0 Å². The summed E-state index contributed by atoms with van der Waals surface area (Å²) in [6.45, 7) is 2.04. The van der Waals surface area contributed by atoms with Gasteiger partial charge in [0, 0.05) is 5.56 Å². The summed E-state index contributed by atoms with van der Waals surface area (Å²) in [4.78, 5) is 5.43. The number of nitrogens with one attached hydrogen (secondary N) is 1. The Labute approximate surface area is 161 Å². The van der Waals surface area contributed by atoms with Gasteiger partial charge in [-0.2, -0.15) is 5.10 Å². The molecule has 0 unspecified atom stereocenters. The van der Waals surface area contributed by atoms with Crippen LogP contribution in [0.5, 0.6) is 0 Å². The number of hydrogen-bond donors (Lipinski definition) is 1. The Bertz CT molecular complexity index is 1170. The van der Waals surface area contributed by atoms with Crippen molar-refractivity contribution in [2.45, 2.75) is 19.2 Å². The first-order valence-electron chi connectivity index (χ1n) is 8.43.